The van der Waals surface area contributed by atoms with Crippen LogP contribution in [0.1, 0.15) is 0 Å². The molecule has 5 nitrogen and oxygen atoms in total. The third-order valence-corrected chi connectivity index (χ3v) is 3.45. The highest BCUT2D eigenvalue weighted by atomic mass is 35.5. The van der Waals surface area contributed by atoms with Crippen molar-refractivity contribution in [2.75, 3.05) is 31.1 Å². The van der Waals surface area contributed by atoms with Gasteiger partial charge in [0.25, 0.3) is 0 Å². The fourth-order valence-corrected chi connectivity index (χ4v) is 2.46. The van der Waals surface area contributed by atoms with Gasteiger partial charge in [-0.25, -0.2) is 10.1 Å². The number of nitrogens with zero attached hydrogens (tertiary/aromatic N) is 3. The Bertz CT molecular complexity index is 641. The van der Waals surface area contributed by atoms with Crippen LogP contribution in [0.3, 0.4) is 0 Å². The van der Waals surface area contributed by atoms with Gasteiger partial charge in [0.2, 0.25) is 0 Å². The van der Waals surface area contributed by atoms with Crippen LogP contribution < -0.4 is 16.0 Å². The van der Waals surface area contributed by atoms with Crippen molar-refractivity contribution in [2.24, 2.45) is 7.05 Å². The third kappa shape index (κ3) is 1.79. The normalized spacial score (nSPS) is 16.4. The molecular weight excluding hydrogens is 254 g/mol. The summed E-state index contributed by atoms with van der Waals surface area (Å²) in [5, 5.41) is 4.91. The van der Waals surface area contributed by atoms with Gasteiger partial charge < -0.3 is 9.32 Å². The molecule has 1 aromatic carbocycles. The zero-order chi connectivity index (χ0) is 12.7. The molecule has 18 heavy (non-hydrogen) atoms. The van der Waals surface area contributed by atoms with E-state index in [-0.39, 0.29) is 5.76 Å². The Kier molecular flexibility index (Phi) is 2.80. The largest absolute Gasteiger partial charge is 0.419 e. The van der Waals surface area contributed by atoms with Gasteiger partial charge in [-0.1, -0.05) is 11.6 Å². The average Bonchev–Trinajstić information content (AvgIpc) is 2.66. The fourth-order valence-electron chi connectivity index (χ4n) is 2.26. The molecule has 0 N–H and O–H groups in total. The second-order valence-corrected chi connectivity index (χ2v) is 4.79. The van der Waals surface area contributed by atoms with Crippen LogP contribution in [-0.2, 0) is 7.05 Å². The number of oxazole rings is 1. The zero-order valence-electron chi connectivity index (χ0n) is 10.0. The number of aromatic nitrogens is 1. The summed E-state index contributed by atoms with van der Waals surface area (Å²) in [4.78, 5) is 13.8. The molecule has 0 bridgehead atoms. The summed E-state index contributed by atoms with van der Waals surface area (Å²) in [6.07, 6.45) is 0. The number of piperazine rings is 1. The Morgan fingerprint density at radius 1 is 1.33 bits per heavy atom. The van der Waals surface area contributed by atoms with Gasteiger partial charge in [0.1, 0.15) is 0 Å². The van der Waals surface area contributed by atoms with Gasteiger partial charge in [-0.15, -0.1) is 0 Å². The van der Waals surface area contributed by atoms with Gasteiger partial charge in [-0.05, 0) is 12.1 Å². The van der Waals surface area contributed by atoms with Gasteiger partial charge >= 0.3 is 5.76 Å². The lowest BCUT2D eigenvalue weighted by Crippen LogP contribution is -2.40. The van der Waals surface area contributed by atoms with Crippen LogP contribution in [-0.4, -0.2) is 30.7 Å². The summed E-state index contributed by atoms with van der Waals surface area (Å²) >= 11 is 6.12. The van der Waals surface area contributed by atoms with Crippen molar-refractivity contribution >= 4 is 28.4 Å². The van der Waals surface area contributed by atoms with Gasteiger partial charge in [0.05, 0.1) is 11.2 Å². The fraction of sp³-hybridized carbons (Fsp3) is 0.417. The lowest BCUT2D eigenvalue weighted by atomic mass is 10.2. The van der Waals surface area contributed by atoms with Crippen LogP contribution in [0.5, 0.6) is 0 Å². The minimum absolute atomic E-state index is 0.366. The number of anilines is 1. The summed E-state index contributed by atoms with van der Waals surface area (Å²) in [5.41, 5.74) is 2.21. The smallest absolute Gasteiger partial charge is 0.405 e. The molecule has 6 heteroatoms. The van der Waals surface area contributed by atoms with Crippen molar-refractivity contribution in [3.63, 3.8) is 0 Å². The van der Waals surface area contributed by atoms with Crippen LogP contribution >= 0.6 is 11.6 Å². The minimum atomic E-state index is -0.366. The molecule has 1 radical (unpaired) electrons. The van der Waals surface area contributed by atoms with E-state index in [1.807, 2.05) is 6.07 Å². The molecule has 1 aliphatic rings. The molecular formula is C12H13ClN3O2. The molecule has 1 fully saturated rings. The van der Waals surface area contributed by atoms with E-state index in [1.54, 1.807) is 13.1 Å². The SMILES string of the molecule is Cn1c(=O)oc2c(N3CC[N]CC3)cc(Cl)cc21. The number of rotatable bonds is 1. The van der Waals surface area contributed by atoms with Crippen molar-refractivity contribution in [1.29, 1.82) is 0 Å². The summed E-state index contributed by atoms with van der Waals surface area (Å²) in [7, 11) is 1.68. The number of aryl methyl sites for hydroxylation is 1. The van der Waals surface area contributed by atoms with Crippen molar-refractivity contribution in [1.82, 2.24) is 9.88 Å². The van der Waals surface area contributed by atoms with Crippen LogP contribution in [0.4, 0.5) is 5.69 Å². The number of hydrogen-bond acceptors (Lipinski definition) is 3. The highest BCUT2D eigenvalue weighted by Gasteiger charge is 2.19. The first-order chi connectivity index (χ1) is 8.66. The third-order valence-electron chi connectivity index (χ3n) is 3.24. The van der Waals surface area contributed by atoms with Crippen LogP contribution in [0, 0.1) is 0 Å². The van der Waals surface area contributed by atoms with E-state index >= 15 is 0 Å². The molecule has 0 amide bonds. The summed E-state index contributed by atoms with van der Waals surface area (Å²) in [6, 6.07) is 3.59. The second kappa shape index (κ2) is 4.33. The van der Waals surface area contributed by atoms with E-state index < -0.39 is 0 Å². The Morgan fingerprint density at radius 2 is 2.06 bits per heavy atom. The van der Waals surface area contributed by atoms with Gasteiger partial charge in [0.15, 0.2) is 5.58 Å². The summed E-state index contributed by atoms with van der Waals surface area (Å²) in [6.45, 7) is 3.25. The average molecular weight is 267 g/mol. The van der Waals surface area contributed by atoms with Crippen LogP contribution in [0.2, 0.25) is 5.02 Å². The second-order valence-electron chi connectivity index (χ2n) is 4.36. The van der Waals surface area contributed by atoms with Crippen LogP contribution in [0.25, 0.3) is 11.1 Å². The molecule has 0 atom stereocenters. The minimum Gasteiger partial charge on any atom is -0.405 e. The van der Waals surface area contributed by atoms with Crippen molar-refractivity contribution in [3.8, 4) is 0 Å². The molecule has 95 valence electrons. The maximum absolute atomic E-state index is 11.6. The number of halogens is 1. The predicted octanol–water partition coefficient (Wildman–Crippen LogP) is 1.21. The van der Waals surface area contributed by atoms with Gasteiger partial charge in [-0.3, -0.25) is 4.57 Å². The lowest BCUT2D eigenvalue weighted by Gasteiger charge is -2.28. The molecule has 3 rings (SSSR count). The molecule has 1 aromatic heterocycles. The van der Waals surface area contributed by atoms with E-state index in [4.69, 9.17) is 16.0 Å². The van der Waals surface area contributed by atoms with Crippen molar-refractivity contribution in [3.05, 3.63) is 27.7 Å². The molecule has 0 spiro atoms. The number of benzene rings is 1. The monoisotopic (exact) mass is 266 g/mol. The molecule has 2 aromatic rings. The molecule has 1 aliphatic heterocycles. The maximum Gasteiger partial charge on any atom is 0.419 e. The molecule has 0 saturated carbocycles. The van der Waals surface area contributed by atoms with Crippen molar-refractivity contribution in [2.45, 2.75) is 0 Å². The summed E-state index contributed by atoms with van der Waals surface area (Å²) in [5.74, 6) is -0.366. The lowest BCUT2D eigenvalue weighted by molar-refractivity contribution is 0.524. The molecule has 2 heterocycles. The predicted molar refractivity (Wildman–Crippen MR) is 70.5 cm³/mol. The van der Waals surface area contributed by atoms with E-state index in [1.165, 1.54) is 4.57 Å². The van der Waals surface area contributed by atoms with E-state index in [9.17, 15) is 4.79 Å². The Hall–Kier alpha value is -1.46. The molecule has 0 aliphatic carbocycles. The standard InChI is InChI=1S/C12H13ClN3O2/c1-15-9-6-8(13)7-10(11(9)18-12(15)17)16-4-2-14-3-5-16/h6-7H,2-5H2,1H3. The Morgan fingerprint density at radius 3 is 2.78 bits per heavy atom. The highest BCUT2D eigenvalue weighted by Crippen LogP contribution is 2.30. The highest BCUT2D eigenvalue weighted by molar-refractivity contribution is 6.31. The Labute approximate surface area is 109 Å². The maximum atomic E-state index is 11.6. The summed E-state index contributed by atoms with van der Waals surface area (Å²) < 4.78 is 6.79. The topological polar surface area (TPSA) is 52.5 Å². The molecule has 0 unspecified atom stereocenters. The van der Waals surface area contributed by atoms with Gasteiger partial charge in [0, 0.05) is 38.2 Å². The first kappa shape index (κ1) is 11.6. The van der Waals surface area contributed by atoms with Crippen molar-refractivity contribution < 1.29 is 4.42 Å². The van der Waals surface area contributed by atoms with E-state index in [2.05, 4.69) is 10.2 Å². The first-order valence-electron chi connectivity index (χ1n) is 5.84. The quantitative estimate of drug-likeness (QED) is 0.780. The van der Waals surface area contributed by atoms with Gasteiger partial charge in [-0.2, -0.15) is 0 Å². The number of fused-ring (bicyclic) bond motifs is 1. The zero-order valence-corrected chi connectivity index (χ0v) is 10.8. The molecule has 1 saturated heterocycles. The van der Waals surface area contributed by atoms with E-state index in [0.717, 1.165) is 37.4 Å². The Balaban J connectivity index is 2.21. The first-order valence-corrected chi connectivity index (χ1v) is 6.22. The van der Waals surface area contributed by atoms with E-state index in [0.29, 0.717) is 10.6 Å². The van der Waals surface area contributed by atoms with Crippen LogP contribution in [0.15, 0.2) is 21.3 Å². The number of hydrogen-bond donors (Lipinski definition) is 0.